The van der Waals surface area contributed by atoms with Gasteiger partial charge in [-0.1, -0.05) is 6.07 Å². The number of nitrogens with one attached hydrogen (secondary N) is 2. The summed E-state index contributed by atoms with van der Waals surface area (Å²) in [6.07, 6.45) is 5.88. The van der Waals surface area contributed by atoms with Crippen molar-refractivity contribution in [2.24, 2.45) is 0 Å². The second-order valence-corrected chi connectivity index (χ2v) is 5.66. The summed E-state index contributed by atoms with van der Waals surface area (Å²) in [6, 6.07) is 4.21. The highest BCUT2D eigenvalue weighted by Crippen LogP contribution is 2.19. The number of hydrogen-bond donors (Lipinski definition) is 2. The van der Waals surface area contributed by atoms with Gasteiger partial charge in [0.2, 0.25) is 5.95 Å². The van der Waals surface area contributed by atoms with Crippen LogP contribution in [0.25, 0.3) is 0 Å². The fourth-order valence-corrected chi connectivity index (χ4v) is 2.32. The lowest BCUT2D eigenvalue weighted by Crippen LogP contribution is -2.15. The monoisotopic (exact) mass is 367 g/mol. The first kappa shape index (κ1) is 12.6. The largest absolute Gasteiger partial charge is 0.370 e. The van der Waals surface area contributed by atoms with Crippen LogP contribution >= 0.6 is 22.6 Å². The number of nitrogens with zero attached hydrogens (tertiary/aromatic N) is 3. The molecule has 0 amide bonds. The first-order valence-electron chi connectivity index (χ1n) is 6.25. The number of halogens is 1. The number of fused-ring (bicyclic) bond motifs is 1. The number of pyridine rings is 1. The van der Waals surface area contributed by atoms with Gasteiger partial charge in [-0.15, -0.1) is 0 Å². The van der Waals surface area contributed by atoms with E-state index in [0.717, 1.165) is 28.0 Å². The molecular weight excluding hydrogens is 353 g/mol. The van der Waals surface area contributed by atoms with E-state index < -0.39 is 0 Å². The van der Waals surface area contributed by atoms with Gasteiger partial charge in [0.15, 0.2) is 0 Å². The minimum absolute atomic E-state index is 0.632. The lowest BCUT2D eigenvalue weighted by Gasteiger charge is -2.17. The lowest BCUT2D eigenvalue weighted by atomic mass is 10.1. The molecule has 0 aliphatic carbocycles. The lowest BCUT2D eigenvalue weighted by molar-refractivity contribution is 0.811. The Bertz CT molecular complexity index is 570. The minimum Gasteiger partial charge on any atom is -0.370 e. The van der Waals surface area contributed by atoms with Crippen molar-refractivity contribution in [2.75, 3.05) is 17.2 Å². The smallest absolute Gasteiger partial charge is 0.222 e. The van der Waals surface area contributed by atoms with E-state index in [0.29, 0.717) is 12.5 Å². The van der Waals surface area contributed by atoms with Gasteiger partial charge in [-0.3, -0.25) is 0 Å². The van der Waals surface area contributed by atoms with Crippen LogP contribution in [0.2, 0.25) is 0 Å². The van der Waals surface area contributed by atoms with Gasteiger partial charge in [0.25, 0.3) is 0 Å². The van der Waals surface area contributed by atoms with Crippen LogP contribution in [-0.2, 0) is 13.0 Å². The SMILES string of the molecule is Ic1cnc(NCc2ccc3c(n2)NCCC3)nc1. The molecule has 2 aromatic heterocycles. The molecule has 2 N–H and O–H groups in total. The molecule has 3 heterocycles. The highest BCUT2D eigenvalue weighted by molar-refractivity contribution is 14.1. The van der Waals surface area contributed by atoms with E-state index in [4.69, 9.17) is 0 Å². The van der Waals surface area contributed by atoms with Gasteiger partial charge in [0.05, 0.1) is 12.2 Å². The number of rotatable bonds is 3. The molecule has 98 valence electrons. The number of aryl methyl sites for hydroxylation is 1. The maximum atomic E-state index is 4.62. The predicted molar refractivity (Wildman–Crippen MR) is 83.1 cm³/mol. The van der Waals surface area contributed by atoms with Crippen molar-refractivity contribution >= 4 is 34.4 Å². The number of hydrogen-bond acceptors (Lipinski definition) is 5. The Kier molecular flexibility index (Phi) is 3.77. The highest BCUT2D eigenvalue weighted by atomic mass is 127. The number of anilines is 2. The first-order valence-corrected chi connectivity index (χ1v) is 7.33. The average molecular weight is 367 g/mol. The summed E-state index contributed by atoms with van der Waals surface area (Å²) in [4.78, 5) is 13.0. The molecule has 0 saturated heterocycles. The van der Waals surface area contributed by atoms with Crippen molar-refractivity contribution in [1.82, 2.24) is 15.0 Å². The van der Waals surface area contributed by atoms with Gasteiger partial charge in [-0.05, 0) is 47.1 Å². The van der Waals surface area contributed by atoms with Crippen molar-refractivity contribution in [3.63, 3.8) is 0 Å². The van der Waals surface area contributed by atoms with Crippen LogP contribution in [-0.4, -0.2) is 21.5 Å². The zero-order valence-corrected chi connectivity index (χ0v) is 12.5. The maximum absolute atomic E-state index is 4.62. The van der Waals surface area contributed by atoms with Gasteiger partial charge >= 0.3 is 0 Å². The van der Waals surface area contributed by atoms with E-state index in [2.05, 4.69) is 60.3 Å². The topological polar surface area (TPSA) is 62.7 Å². The normalized spacial score (nSPS) is 13.5. The van der Waals surface area contributed by atoms with Gasteiger partial charge in [-0.2, -0.15) is 0 Å². The average Bonchev–Trinajstić information content (AvgIpc) is 2.46. The molecule has 0 bridgehead atoms. The molecular formula is C13H14IN5. The van der Waals surface area contributed by atoms with Crippen LogP contribution in [0, 0.1) is 3.57 Å². The van der Waals surface area contributed by atoms with Crippen molar-refractivity contribution in [1.29, 1.82) is 0 Å². The number of aromatic nitrogens is 3. The molecule has 2 aromatic rings. The summed E-state index contributed by atoms with van der Waals surface area (Å²) in [5.41, 5.74) is 2.30. The Hall–Kier alpha value is -1.44. The quantitative estimate of drug-likeness (QED) is 0.817. The van der Waals surface area contributed by atoms with Crippen LogP contribution in [0.4, 0.5) is 11.8 Å². The van der Waals surface area contributed by atoms with Crippen molar-refractivity contribution in [3.8, 4) is 0 Å². The van der Waals surface area contributed by atoms with Gasteiger partial charge in [0.1, 0.15) is 5.82 Å². The molecule has 0 fully saturated rings. The van der Waals surface area contributed by atoms with Crippen LogP contribution in [0.3, 0.4) is 0 Å². The van der Waals surface area contributed by atoms with E-state index >= 15 is 0 Å². The molecule has 0 aromatic carbocycles. The summed E-state index contributed by atoms with van der Waals surface area (Å²) in [5, 5.41) is 6.52. The summed E-state index contributed by atoms with van der Waals surface area (Å²) < 4.78 is 1.03. The van der Waals surface area contributed by atoms with Gasteiger partial charge < -0.3 is 10.6 Å². The zero-order valence-electron chi connectivity index (χ0n) is 10.4. The standard InChI is InChI=1S/C13H14IN5/c14-10-6-16-13(17-7-10)18-8-11-4-3-9-2-1-5-15-12(9)19-11/h3-4,6-7H,1-2,5,8H2,(H,15,19)(H,16,17,18). The molecule has 1 aliphatic heterocycles. The van der Waals surface area contributed by atoms with Crippen molar-refractivity contribution in [2.45, 2.75) is 19.4 Å². The molecule has 3 rings (SSSR count). The van der Waals surface area contributed by atoms with E-state index in [1.807, 2.05) is 0 Å². The molecule has 0 saturated carbocycles. The van der Waals surface area contributed by atoms with Crippen LogP contribution in [0.1, 0.15) is 17.7 Å². The van der Waals surface area contributed by atoms with Gasteiger partial charge in [0, 0.05) is 22.5 Å². The highest BCUT2D eigenvalue weighted by Gasteiger charge is 2.10. The zero-order chi connectivity index (χ0) is 13.1. The Morgan fingerprint density at radius 1 is 1.26 bits per heavy atom. The summed E-state index contributed by atoms with van der Waals surface area (Å²) in [6.45, 7) is 1.65. The third-order valence-corrected chi connectivity index (χ3v) is 3.56. The summed E-state index contributed by atoms with van der Waals surface area (Å²) >= 11 is 2.19. The molecule has 0 radical (unpaired) electrons. The van der Waals surface area contributed by atoms with Crippen molar-refractivity contribution < 1.29 is 0 Å². The van der Waals surface area contributed by atoms with Crippen molar-refractivity contribution in [3.05, 3.63) is 39.4 Å². The van der Waals surface area contributed by atoms with E-state index in [9.17, 15) is 0 Å². The molecule has 19 heavy (non-hydrogen) atoms. The first-order chi connectivity index (χ1) is 9.31. The second-order valence-electron chi connectivity index (χ2n) is 4.42. The molecule has 1 aliphatic rings. The predicted octanol–water partition coefficient (Wildman–Crippen LogP) is 2.45. The summed E-state index contributed by atoms with van der Waals surface area (Å²) in [7, 11) is 0. The fraction of sp³-hybridized carbons (Fsp3) is 0.308. The molecule has 6 heteroatoms. The Morgan fingerprint density at radius 2 is 2.11 bits per heavy atom. The van der Waals surface area contributed by atoms with Crippen LogP contribution in [0.5, 0.6) is 0 Å². The Morgan fingerprint density at radius 3 is 2.95 bits per heavy atom. The second kappa shape index (κ2) is 5.68. The fourth-order valence-electron chi connectivity index (χ4n) is 2.04. The van der Waals surface area contributed by atoms with E-state index in [1.165, 1.54) is 12.0 Å². The Balaban J connectivity index is 1.68. The summed E-state index contributed by atoms with van der Waals surface area (Å²) in [5.74, 6) is 1.65. The maximum Gasteiger partial charge on any atom is 0.222 e. The third-order valence-electron chi connectivity index (χ3n) is 3.00. The van der Waals surface area contributed by atoms with E-state index in [1.54, 1.807) is 12.4 Å². The third kappa shape index (κ3) is 3.12. The Labute approximate surface area is 125 Å². The molecule has 0 unspecified atom stereocenters. The molecule has 0 atom stereocenters. The van der Waals surface area contributed by atoms with Crippen LogP contribution in [0.15, 0.2) is 24.5 Å². The van der Waals surface area contributed by atoms with Crippen LogP contribution < -0.4 is 10.6 Å². The minimum atomic E-state index is 0.632. The molecule has 0 spiro atoms. The molecule has 5 nitrogen and oxygen atoms in total. The van der Waals surface area contributed by atoms with Gasteiger partial charge in [-0.25, -0.2) is 15.0 Å². The van der Waals surface area contributed by atoms with E-state index in [-0.39, 0.29) is 0 Å².